The Balaban J connectivity index is 2.05. The summed E-state index contributed by atoms with van der Waals surface area (Å²) < 4.78 is 10.5. The molecule has 1 aromatic rings. The lowest BCUT2D eigenvalue weighted by Crippen LogP contribution is -2.29. The van der Waals surface area contributed by atoms with Gasteiger partial charge in [-0.05, 0) is 31.5 Å². The van der Waals surface area contributed by atoms with Crippen LogP contribution in [0.15, 0.2) is 18.2 Å². The second kappa shape index (κ2) is 6.61. The second-order valence-corrected chi connectivity index (χ2v) is 4.95. The maximum atomic E-state index is 12.4. The Bertz CT molecular complexity index is 475. The zero-order valence-corrected chi connectivity index (χ0v) is 12.0. The van der Waals surface area contributed by atoms with Gasteiger partial charge < -0.3 is 19.5 Å². The van der Waals surface area contributed by atoms with E-state index in [-0.39, 0.29) is 11.7 Å². The Hall–Kier alpha value is -1.75. The van der Waals surface area contributed by atoms with E-state index in [9.17, 15) is 9.90 Å². The molecule has 1 heterocycles. The molecule has 2 rings (SSSR count). The van der Waals surface area contributed by atoms with E-state index in [1.54, 1.807) is 17.0 Å². The highest BCUT2D eigenvalue weighted by atomic mass is 16.5. The van der Waals surface area contributed by atoms with Crippen molar-refractivity contribution in [3.05, 3.63) is 23.8 Å². The van der Waals surface area contributed by atoms with Crippen molar-refractivity contribution in [2.75, 3.05) is 33.4 Å². The number of methoxy groups -OCH3 is 1. The average Bonchev–Trinajstić information content (AvgIpc) is 2.93. The summed E-state index contributed by atoms with van der Waals surface area (Å²) in [6.07, 6.45) is 0.941. The summed E-state index contributed by atoms with van der Waals surface area (Å²) in [4.78, 5) is 14.2. The first-order valence-electron chi connectivity index (χ1n) is 6.89. The summed E-state index contributed by atoms with van der Waals surface area (Å²) in [6.45, 7) is 4.72. The van der Waals surface area contributed by atoms with Gasteiger partial charge in [-0.15, -0.1) is 0 Å². The molecule has 1 amide bonds. The maximum absolute atomic E-state index is 12.4. The van der Waals surface area contributed by atoms with Crippen LogP contribution >= 0.6 is 0 Å². The summed E-state index contributed by atoms with van der Waals surface area (Å²) in [6, 6.07) is 4.70. The number of carbonyl (C=O) groups is 1. The first-order chi connectivity index (χ1) is 9.65. The number of phenols is 1. The van der Waals surface area contributed by atoms with Crippen molar-refractivity contribution in [1.82, 2.24) is 4.90 Å². The number of nitrogens with zero attached hydrogens (tertiary/aromatic N) is 1. The van der Waals surface area contributed by atoms with Gasteiger partial charge in [-0.3, -0.25) is 4.79 Å². The summed E-state index contributed by atoms with van der Waals surface area (Å²) in [5, 5.41) is 9.84. The molecule has 5 heteroatoms. The SMILES string of the molecule is CCOCC1CCN(C(=O)c2cc(OC)ccc2O)C1. The minimum absolute atomic E-state index is 0.0101. The fourth-order valence-electron chi connectivity index (χ4n) is 2.42. The number of phenolic OH excluding ortho intramolecular Hbond substituents is 1. The fourth-order valence-corrected chi connectivity index (χ4v) is 2.42. The fraction of sp³-hybridized carbons (Fsp3) is 0.533. The number of hydrogen-bond acceptors (Lipinski definition) is 4. The molecule has 1 aliphatic rings. The van der Waals surface area contributed by atoms with Crippen molar-refractivity contribution in [2.24, 2.45) is 5.92 Å². The Morgan fingerprint density at radius 1 is 1.50 bits per heavy atom. The normalized spacial score (nSPS) is 18.3. The Morgan fingerprint density at radius 3 is 3.00 bits per heavy atom. The van der Waals surface area contributed by atoms with Crippen LogP contribution in [0.1, 0.15) is 23.7 Å². The van der Waals surface area contributed by atoms with Gasteiger partial charge >= 0.3 is 0 Å². The van der Waals surface area contributed by atoms with Crippen LogP contribution in [0, 0.1) is 5.92 Å². The van der Waals surface area contributed by atoms with Crippen molar-refractivity contribution < 1.29 is 19.4 Å². The number of benzene rings is 1. The third-order valence-corrected chi connectivity index (χ3v) is 3.56. The highest BCUT2D eigenvalue weighted by Crippen LogP contribution is 2.26. The smallest absolute Gasteiger partial charge is 0.257 e. The van der Waals surface area contributed by atoms with Gasteiger partial charge in [0.05, 0.1) is 19.3 Å². The highest BCUT2D eigenvalue weighted by molar-refractivity contribution is 5.97. The number of carbonyl (C=O) groups excluding carboxylic acids is 1. The van der Waals surface area contributed by atoms with E-state index >= 15 is 0 Å². The van der Waals surface area contributed by atoms with E-state index in [1.807, 2.05) is 6.92 Å². The zero-order valence-electron chi connectivity index (χ0n) is 12.0. The molecular weight excluding hydrogens is 258 g/mol. The van der Waals surface area contributed by atoms with E-state index in [2.05, 4.69) is 0 Å². The van der Waals surface area contributed by atoms with E-state index in [0.717, 1.165) is 6.42 Å². The Morgan fingerprint density at radius 2 is 2.30 bits per heavy atom. The van der Waals surface area contributed by atoms with E-state index in [4.69, 9.17) is 9.47 Å². The lowest BCUT2D eigenvalue weighted by Gasteiger charge is -2.17. The quantitative estimate of drug-likeness (QED) is 0.894. The van der Waals surface area contributed by atoms with Crippen molar-refractivity contribution in [3.8, 4) is 11.5 Å². The van der Waals surface area contributed by atoms with Crippen molar-refractivity contribution in [2.45, 2.75) is 13.3 Å². The minimum atomic E-state index is -0.152. The molecule has 1 saturated heterocycles. The molecular formula is C15H21NO4. The van der Waals surface area contributed by atoms with Gasteiger partial charge in [0.15, 0.2) is 0 Å². The van der Waals surface area contributed by atoms with E-state index < -0.39 is 0 Å². The lowest BCUT2D eigenvalue weighted by molar-refractivity contribution is 0.0759. The van der Waals surface area contributed by atoms with Crippen LogP contribution < -0.4 is 4.74 Å². The van der Waals surface area contributed by atoms with Gasteiger partial charge in [-0.2, -0.15) is 0 Å². The van der Waals surface area contributed by atoms with Crippen LogP contribution in [-0.2, 0) is 4.74 Å². The predicted molar refractivity (Wildman–Crippen MR) is 75.2 cm³/mol. The molecule has 0 aromatic heterocycles. The summed E-state index contributed by atoms with van der Waals surface area (Å²) in [5.74, 6) is 0.785. The van der Waals surface area contributed by atoms with Gasteiger partial charge in [-0.25, -0.2) is 0 Å². The summed E-state index contributed by atoms with van der Waals surface area (Å²) in [7, 11) is 1.54. The number of rotatable bonds is 5. The van der Waals surface area contributed by atoms with Crippen LogP contribution in [0.2, 0.25) is 0 Å². The minimum Gasteiger partial charge on any atom is -0.507 e. The van der Waals surface area contributed by atoms with Gasteiger partial charge in [-0.1, -0.05) is 0 Å². The topological polar surface area (TPSA) is 59.0 Å². The van der Waals surface area contributed by atoms with Crippen LogP contribution in [0.5, 0.6) is 11.5 Å². The highest BCUT2D eigenvalue weighted by Gasteiger charge is 2.28. The largest absolute Gasteiger partial charge is 0.507 e. The van der Waals surface area contributed by atoms with E-state index in [1.165, 1.54) is 13.2 Å². The zero-order chi connectivity index (χ0) is 14.5. The molecule has 0 aliphatic carbocycles. The molecule has 0 saturated carbocycles. The number of aromatic hydroxyl groups is 1. The van der Waals surface area contributed by atoms with Crippen LogP contribution in [0.3, 0.4) is 0 Å². The Labute approximate surface area is 119 Å². The summed E-state index contributed by atoms with van der Waals surface area (Å²) in [5.41, 5.74) is 0.293. The van der Waals surface area contributed by atoms with Crippen LogP contribution in [0.25, 0.3) is 0 Å². The van der Waals surface area contributed by atoms with Gasteiger partial charge in [0.1, 0.15) is 11.5 Å². The molecule has 1 aliphatic heterocycles. The number of hydrogen-bond donors (Lipinski definition) is 1. The first-order valence-corrected chi connectivity index (χ1v) is 6.89. The first kappa shape index (κ1) is 14.7. The molecule has 5 nitrogen and oxygen atoms in total. The summed E-state index contributed by atoms with van der Waals surface area (Å²) >= 11 is 0. The molecule has 20 heavy (non-hydrogen) atoms. The molecule has 0 spiro atoms. The molecule has 1 N–H and O–H groups in total. The third-order valence-electron chi connectivity index (χ3n) is 3.56. The number of amides is 1. The number of likely N-dealkylation sites (tertiary alicyclic amines) is 1. The van der Waals surface area contributed by atoms with E-state index in [0.29, 0.717) is 43.5 Å². The maximum Gasteiger partial charge on any atom is 0.257 e. The van der Waals surface area contributed by atoms with Crippen LogP contribution in [0.4, 0.5) is 0 Å². The molecule has 0 radical (unpaired) electrons. The average molecular weight is 279 g/mol. The molecule has 110 valence electrons. The molecule has 1 atom stereocenters. The second-order valence-electron chi connectivity index (χ2n) is 4.95. The molecule has 1 unspecified atom stereocenters. The van der Waals surface area contributed by atoms with Crippen LogP contribution in [-0.4, -0.2) is 49.3 Å². The monoisotopic (exact) mass is 279 g/mol. The molecule has 1 aromatic carbocycles. The predicted octanol–water partition coefficient (Wildman–Crippen LogP) is 1.90. The lowest BCUT2D eigenvalue weighted by atomic mass is 10.1. The molecule has 1 fully saturated rings. The number of ether oxygens (including phenoxy) is 2. The Kier molecular flexibility index (Phi) is 4.84. The molecule has 0 bridgehead atoms. The standard InChI is InChI=1S/C15H21NO4/c1-3-20-10-11-6-7-16(9-11)15(18)13-8-12(19-2)4-5-14(13)17/h4-5,8,11,17H,3,6-7,9-10H2,1-2H3. The van der Waals surface area contributed by atoms with Crippen molar-refractivity contribution >= 4 is 5.91 Å². The van der Waals surface area contributed by atoms with Crippen molar-refractivity contribution in [3.63, 3.8) is 0 Å². The van der Waals surface area contributed by atoms with Crippen molar-refractivity contribution in [1.29, 1.82) is 0 Å². The van der Waals surface area contributed by atoms with Gasteiger partial charge in [0.2, 0.25) is 0 Å². The van der Waals surface area contributed by atoms with Gasteiger partial charge in [0.25, 0.3) is 5.91 Å². The third kappa shape index (κ3) is 3.22. The van der Waals surface area contributed by atoms with Gasteiger partial charge in [0, 0.05) is 25.6 Å².